The topological polar surface area (TPSA) is 64.1 Å². The lowest BCUT2D eigenvalue weighted by Gasteiger charge is -2.30. The number of aromatic nitrogens is 2. The molecule has 2 aromatic rings. The van der Waals surface area contributed by atoms with E-state index in [0.29, 0.717) is 18.7 Å². The van der Waals surface area contributed by atoms with Gasteiger partial charge in [0.1, 0.15) is 11.1 Å². The van der Waals surface area contributed by atoms with Gasteiger partial charge in [0.05, 0.1) is 5.03 Å². The summed E-state index contributed by atoms with van der Waals surface area (Å²) in [4.78, 5) is 21.6. The normalized spacial score (nSPS) is 15.5. The highest BCUT2D eigenvalue weighted by molar-refractivity contribution is 7.98. The van der Waals surface area contributed by atoms with Gasteiger partial charge in [-0.25, -0.2) is 14.8 Å². The van der Waals surface area contributed by atoms with Crippen molar-refractivity contribution in [2.24, 2.45) is 0 Å². The lowest BCUT2D eigenvalue weighted by molar-refractivity contribution is 0.0450. The third-order valence-corrected chi connectivity index (χ3v) is 4.76. The zero-order valence-corrected chi connectivity index (χ0v) is 15.8. The summed E-state index contributed by atoms with van der Waals surface area (Å²) in [6, 6.07) is 10.1. The van der Waals surface area contributed by atoms with Crippen molar-refractivity contribution in [2.75, 3.05) is 6.26 Å². The Kier molecular flexibility index (Phi) is 4.73. The van der Waals surface area contributed by atoms with Gasteiger partial charge in [0.15, 0.2) is 5.82 Å². The quantitative estimate of drug-likeness (QED) is 0.670. The Hall–Kier alpha value is -2.08. The number of thioether (sulfide) groups is 1. The van der Waals surface area contributed by atoms with Crippen molar-refractivity contribution in [2.45, 2.75) is 49.8 Å². The van der Waals surface area contributed by atoms with Crippen molar-refractivity contribution < 1.29 is 9.53 Å². The van der Waals surface area contributed by atoms with Gasteiger partial charge in [-0.2, -0.15) is 0 Å². The number of carbonyl (C=O) groups is 1. The molecule has 1 N–H and O–H groups in total. The summed E-state index contributed by atoms with van der Waals surface area (Å²) in [5, 5.41) is 3.95. The highest BCUT2D eigenvalue weighted by Gasteiger charge is 2.43. The molecule has 0 bridgehead atoms. The van der Waals surface area contributed by atoms with Gasteiger partial charge in [-0.15, -0.1) is 11.8 Å². The van der Waals surface area contributed by atoms with Gasteiger partial charge >= 0.3 is 6.09 Å². The first-order valence-corrected chi connectivity index (χ1v) is 9.49. The first-order valence-electron chi connectivity index (χ1n) is 8.27. The molecule has 1 aliphatic rings. The summed E-state index contributed by atoms with van der Waals surface area (Å²) < 4.78 is 5.49. The highest BCUT2D eigenvalue weighted by Crippen LogP contribution is 2.37. The number of hydrogen-bond acceptors (Lipinski definition) is 5. The molecule has 1 aromatic heterocycles. The Morgan fingerprint density at radius 2 is 1.84 bits per heavy atom. The van der Waals surface area contributed by atoms with Crippen LogP contribution in [0.4, 0.5) is 4.79 Å². The van der Waals surface area contributed by atoms with Crippen molar-refractivity contribution in [3.05, 3.63) is 53.5 Å². The fraction of sp³-hybridized carbons (Fsp3) is 0.421. The average molecular weight is 357 g/mol. The van der Waals surface area contributed by atoms with E-state index in [1.807, 2.05) is 45.2 Å². The van der Waals surface area contributed by atoms with Crippen LogP contribution in [-0.4, -0.2) is 27.9 Å². The molecular formula is C19H23N3O2S. The molecule has 6 heteroatoms. The number of hydrogen-bond donors (Lipinski definition) is 1. The molecule has 0 spiro atoms. The van der Waals surface area contributed by atoms with Gasteiger partial charge in [-0.1, -0.05) is 24.3 Å². The molecule has 0 aliphatic heterocycles. The second kappa shape index (κ2) is 6.67. The molecule has 25 heavy (non-hydrogen) atoms. The molecule has 5 nitrogen and oxygen atoms in total. The van der Waals surface area contributed by atoms with Crippen LogP contribution in [0.2, 0.25) is 0 Å². The zero-order chi connectivity index (χ0) is 18.1. The SMILES string of the molecule is CSc1ccnc(C2(NC(=O)OC(C)(C)C)Cc3ccccc3C2)n1. The van der Waals surface area contributed by atoms with Crippen LogP contribution in [0.1, 0.15) is 37.7 Å². The third-order valence-electron chi connectivity index (χ3n) is 4.11. The van der Waals surface area contributed by atoms with Gasteiger partial charge in [-0.3, -0.25) is 0 Å². The van der Waals surface area contributed by atoms with Crippen molar-refractivity contribution in [3.63, 3.8) is 0 Å². The number of amides is 1. The minimum atomic E-state index is -0.683. The van der Waals surface area contributed by atoms with Crippen LogP contribution in [0, 0.1) is 0 Å². The molecule has 0 unspecified atom stereocenters. The molecular weight excluding hydrogens is 334 g/mol. The summed E-state index contributed by atoms with van der Waals surface area (Å²) in [5.74, 6) is 0.626. The number of benzene rings is 1. The lowest BCUT2D eigenvalue weighted by Crippen LogP contribution is -2.49. The van der Waals surface area contributed by atoms with E-state index in [9.17, 15) is 4.79 Å². The van der Waals surface area contributed by atoms with Crippen molar-refractivity contribution in [1.29, 1.82) is 0 Å². The second-order valence-electron chi connectivity index (χ2n) is 7.25. The first kappa shape index (κ1) is 17.7. The molecule has 0 atom stereocenters. The fourth-order valence-corrected chi connectivity index (χ4v) is 3.48. The maximum Gasteiger partial charge on any atom is 0.408 e. The van der Waals surface area contributed by atoms with Gasteiger partial charge in [0.25, 0.3) is 0 Å². The Balaban J connectivity index is 1.97. The van der Waals surface area contributed by atoms with E-state index in [0.717, 1.165) is 5.03 Å². The number of nitrogens with zero attached hydrogens (tertiary/aromatic N) is 2. The predicted octanol–water partition coefficient (Wildman–Crippen LogP) is 3.72. The summed E-state index contributed by atoms with van der Waals surface area (Å²) >= 11 is 1.56. The van der Waals surface area contributed by atoms with Crippen LogP contribution in [0.15, 0.2) is 41.6 Å². The van der Waals surface area contributed by atoms with Crippen molar-refractivity contribution in [3.8, 4) is 0 Å². The monoisotopic (exact) mass is 357 g/mol. The highest BCUT2D eigenvalue weighted by atomic mass is 32.2. The summed E-state index contributed by atoms with van der Waals surface area (Å²) in [5.41, 5.74) is 1.17. The van der Waals surface area contributed by atoms with Gasteiger partial charge in [-0.05, 0) is 44.2 Å². The van der Waals surface area contributed by atoms with E-state index in [1.165, 1.54) is 11.1 Å². The second-order valence-corrected chi connectivity index (χ2v) is 8.08. The third kappa shape index (κ3) is 3.95. The Labute approximate surface area is 152 Å². The van der Waals surface area contributed by atoms with E-state index in [4.69, 9.17) is 4.74 Å². The molecule has 0 saturated heterocycles. The minimum absolute atomic E-state index is 0.446. The van der Waals surface area contributed by atoms with Crippen LogP contribution in [0.5, 0.6) is 0 Å². The average Bonchev–Trinajstić information content (AvgIpc) is 2.92. The van der Waals surface area contributed by atoms with E-state index < -0.39 is 17.2 Å². The van der Waals surface area contributed by atoms with E-state index in [-0.39, 0.29) is 0 Å². The molecule has 1 aromatic carbocycles. The Bertz CT molecular complexity index is 761. The van der Waals surface area contributed by atoms with E-state index in [1.54, 1.807) is 18.0 Å². The van der Waals surface area contributed by atoms with Crippen molar-refractivity contribution >= 4 is 17.9 Å². The Morgan fingerprint density at radius 3 is 2.40 bits per heavy atom. The van der Waals surface area contributed by atoms with Crippen molar-refractivity contribution in [1.82, 2.24) is 15.3 Å². The minimum Gasteiger partial charge on any atom is -0.444 e. The number of fused-ring (bicyclic) bond motifs is 1. The number of carbonyl (C=O) groups excluding carboxylic acids is 1. The number of alkyl carbamates (subject to hydrolysis) is 1. The maximum atomic E-state index is 12.5. The van der Waals surface area contributed by atoms with Gasteiger partial charge < -0.3 is 10.1 Å². The molecule has 0 radical (unpaired) electrons. The summed E-state index contributed by atoms with van der Waals surface area (Å²) in [6.45, 7) is 5.56. The smallest absolute Gasteiger partial charge is 0.408 e. The van der Waals surface area contributed by atoms with Crippen LogP contribution in [0.3, 0.4) is 0 Å². The summed E-state index contributed by atoms with van der Waals surface area (Å²) in [7, 11) is 0. The summed E-state index contributed by atoms with van der Waals surface area (Å²) in [6.07, 6.45) is 4.58. The molecule has 3 rings (SSSR count). The molecule has 0 saturated carbocycles. The van der Waals surface area contributed by atoms with Crippen LogP contribution < -0.4 is 5.32 Å². The van der Waals surface area contributed by atoms with E-state index >= 15 is 0 Å². The Morgan fingerprint density at radius 1 is 1.20 bits per heavy atom. The van der Waals surface area contributed by atoms with Crippen LogP contribution >= 0.6 is 11.8 Å². The molecule has 1 heterocycles. The maximum absolute atomic E-state index is 12.5. The predicted molar refractivity (Wildman–Crippen MR) is 98.7 cm³/mol. The van der Waals surface area contributed by atoms with E-state index in [2.05, 4.69) is 27.4 Å². The first-order chi connectivity index (χ1) is 11.8. The molecule has 1 amide bonds. The molecule has 132 valence electrons. The fourth-order valence-electron chi connectivity index (χ4n) is 3.10. The number of ether oxygens (including phenoxy) is 1. The largest absolute Gasteiger partial charge is 0.444 e. The zero-order valence-electron chi connectivity index (χ0n) is 15.0. The van der Waals surface area contributed by atoms with Gasteiger partial charge in [0.2, 0.25) is 0 Å². The lowest BCUT2D eigenvalue weighted by atomic mass is 9.94. The number of rotatable bonds is 3. The van der Waals surface area contributed by atoms with Crippen LogP contribution in [0.25, 0.3) is 0 Å². The van der Waals surface area contributed by atoms with Gasteiger partial charge in [0, 0.05) is 19.0 Å². The molecule has 0 fully saturated rings. The number of nitrogens with one attached hydrogen (secondary N) is 1. The standard InChI is InChI=1S/C19H23N3O2S/c1-18(2,3)24-17(23)22-19(16-20-10-9-15(21-16)25-4)11-13-7-5-6-8-14(13)12-19/h5-10H,11-12H2,1-4H3,(H,22,23). The molecule has 1 aliphatic carbocycles. The van der Waals surface area contributed by atoms with Crippen LogP contribution in [-0.2, 0) is 23.1 Å².